The summed E-state index contributed by atoms with van der Waals surface area (Å²) in [5.74, 6) is 0. The van der Waals surface area contributed by atoms with Gasteiger partial charge in [0.05, 0.1) is 15.8 Å². The molecule has 0 unspecified atom stereocenters. The van der Waals surface area contributed by atoms with E-state index in [1.165, 1.54) is 16.6 Å². The molecule has 4 aromatic rings. The molecule has 4 heteroatoms. The van der Waals surface area contributed by atoms with Crippen molar-refractivity contribution < 1.29 is 0 Å². The van der Waals surface area contributed by atoms with Gasteiger partial charge in [-0.25, -0.2) is 4.98 Å². The first-order valence-electron chi connectivity index (χ1n) is 8.28. The third-order valence-electron chi connectivity index (χ3n) is 4.53. The highest BCUT2D eigenvalue weighted by atomic mass is 32.1. The fraction of sp³-hybridized carbons (Fsp3) is 0.143. The molecule has 0 aliphatic rings. The molecular formula is C21H17N3S. The van der Waals surface area contributed by atoms with E-state index < -0.39 is 0 Å². The second kappa shape index (κ2) is 6.19. The van der Waals surface area contributed by atoms with Crippen molar-refractivity contribution in [3.05, 3.63) is 64.8 Å². The summed E-state index contributed by atoms with van der Waals surface area (Å²) in [6.07, 6.45) is 1.99. The lowest BCUT2D eigenvalue weighted by Gasteiger charge is -2.03. The van der Waals surface area contributed by atoms with E-state index in [0.717, 1.165) is 27.3 Å². The van der Waals surface area contributed by atoms with Crippen LogP contribution in [0.3, 0.4) is 0 Å². The van der Waals surface area contributed by atoms with Crippen LogP contribution in [-0.2, 0) is 6.54 Å². The average molecular weight is 343 g/mol. The van der Waals surface area contributed by atoms with E-state index in [1.807, 2.05) is 36.4 Å². The first-order chi connectivity index (χ1) is 12.2. The van der Waals surface area contributed by atoms with Gasteiger partial charge in [0, 0.05) is 28.7 Å². The lowest BCUT2D eigenvalue weighted by Crippen LogP contribution is -1.96. The first-order valence-corrected chi connectivity index (χ1v) is 9.10. The molecule has 0 amide bonds. The molecule has 0 bridgehead atoms. The summed E-state index contributed by atoms with van der Waals surface area (Å²) in [5.41, 5.74) is 5.04. The molecule has 4 rings (SSSR count). The number of aryl methyl sites for hydroxylation is 1. The minimum Gasteiger partial charge on any atom is -0.345 e. The molecule has 2 aromatic heterocycles. The fourth-order valence-corrected chi connectivity index (χ4v) is 4.25. The highest BCUT2D eigenvalue weighted by molar-refractivity contribution is 7.19. The zero-order valence-corrected chi connectivity index (χ0v) is 15.0. The zero-order valence-electron chi connectivity index (χ0n) is 14.2. The third kappa shape index (κ3) is 2.54. The SMILES string of the molecule is CCn1c(C)c(/C=C(/C#N)c2nc3ccccc3s2)c2ccccc21. The van der Waals surface area contributed by atoms with E-state index in [1.54, 1.807) is 11.3 Å². The molecule has 0 radical (unpaired) electrons. The van der Waals surface area contributed by atoms with Crippen LogP contribution >= 0.6 is 11.3 Å². The lowest BCUT2D eigenvalue weighted by molar-refractivity contribution is 0.769. The minimum atomic E-state index is 0.614. The Bertz CT molecular complexity index is 1120. The van der Waals surface area contributed by atoms with E-state index >= 15 is 0 Å². The second-order valence-electron chi connectivity index (χ2n) is 5.92. The molecule has 0 aliphatic carbocycles. The van der Waals surface area contributed by atoms with Crippen molar-refractivity contribution in [2.75, 3.05) is 0 Å². The van der Waals surface area contributed by atoms with Crippen molar-refractivity contribution in [2.24, 2.45) is 0 Å². The topological polar surface area (TPSA) is 41.6 Å². The lowest BCUT2D eigenvalue weighted by atomic mass is 10.1. The van der Waals surface area contributed by atoms with Crippen molar-refractivity contribution in [1.82, 2.24) is 9.55 Å². The summed E-state index contributed by atoms with van der Waals surface area (Å²) in [6.45, 7) is 5.16. The van der Waals surface area contributed by atoms with E-state index in [-0.39, 0.29) is 0 Å². The van der Waals surface area contributed by atoms with Crippen LogP contribution in [-0.4, -0.2) is 9.55 Å². The van der Waals surface area contributed by atoms with Gasteiger partial charge < -0.3 is 4.57 Å². The molecule has 0 saturated heterocycles. The van der Waals surface area contributed by atoms with Crippen molar-refractivity contribution in [1.29, 1.82) is 5.26 Å². The van der Waals surface area contributed by atoms with Crippen LogP contribution in [0.1, 0.15) is 23.2 Å². The molecule has 122 valence electrons. The highest BCUT2D eigenvalue weighted by Gasteiger charge is 2.14. The predicted octanol–water partition coefficient (Wildman–Crippen LogP) is 5.64. The molecule has 3 nitrogen and oxygen atoms in total. The Morgan fingerprint density at radius 2 is 1.96 bits per heavy atom. The van der Waals surface area contributed by atoms with Gasteiger partial charge in [-0.1, -0.05) is 30.3 Å². The third-order valence-corrected chi connectivity index (χ3v) is 5.60. The smallest absolute Gasteiger partial charge is 0.135 e. The van der Waals surface area contributed by atoms with Crippen LogP contribution in [0.4, 0.5) is 0 Å². The van der Waals surface area contributed by atoms with Gasteiger partial charge >= 0.3 is 0 Å². The molecule has 2 aromatic carbocycles. The largest absolute Gasteiger partial charge is 0.345 e. The summed E-state index contributed by atoms with van der Waals surface area (Å²) >= 11 is 1.56. The van der Waals surface area contributed by atoms with Gasteiger partial charge in [-0.3, -0.25) is 0 Å². The Kier molecular flexibility index (Phi) is 3.87. The monoisotopic (exact) mass is 343 g/mol. The summed E-state index contributed by atoms with van der Waals surface area (Å²) in [5, 5.41) is 11.7. The average Bonchev–Trinajstić information content (AvgIpc) is 3.18. The number of nitrogens with zero attached hydrogens (tertiary/aromatic N) is 3. The summed E-state index contributed by atoms with van der Waals surface area (Å²) in [6, 6.07) is 18.7. The number of thiazole rings is 1. The zero-order chi connectivity index (χ0) is 17.4. The number of hydrogen-bond acceptors (Lipinski definition) is 3. The van der Waals surface area contributed by atoms with Crippen LogP contribution in [0.5, 0.6) is 0 Å². The van der Waals surface area contributed by atoms with Crippen LogP contribution in [0.25, 0.3) is 32.8 Å². The number of benzene rings is 2. The number of nitriles is 1. The quantitative estimate of drug-likeness (QED) is 0.451. The summed E-state index contributed by atoms with van der Waals surface area (Å²) in [7, 11) is 0. The van der Waals surface area contributed by atoms with Gasteiger partial charge in [0.25, 0.3) is 0 Å². The van der Waals surface area contributed by atoms with E-state index in [2.05, 4.69) is 47.7 Å². The molecule has 0 fully saturated rings. The highest BCUT2D eigenvalue weighted by Crippen LogP contribution is 2.32. The van der Waals surface area contributed by atoms with Crippen molar-refractivity contribution in [3.8, 4) is 6.07 Å². The first kappa shape index (κ1) is 15.6. The number of allylic oxidation sites excluding steroid dienone is 1. The number of fused-ring (bicyclic) bond motifs is 2. The van der Waals surface area contributed by atoms with Gasteiger partial charge in [0.15, 0.2) is 0 Å². The maximum absolute atomic E-state index is 9.73. The number of aromatic nitrogens is 2. The molecular weight excluding hydrogens is 326 g/mol. The van der Waals surface area contributed by atoms with Crippen molar-refractivity contribution in [2.45, 2.75) is 20.4 Å². The Labute approximate surface area is 150 Å². The van der Waals surface area contributed by atoms with Crippen LogP contribution in [0.15, 0.2) is 48.5 Å². The number of para-hydroxylation sites is 2. The summed E-state index contributed by atoms with van der Waals surface area (Å²) in [4.78, 5) is 4.64. The van der Waals surface area contributed by atoms with Gasteiger partial charge in [0.1, 0.15) is 11.1 Å². The van der Waals surface area contributed by atoms with E-state index in [9.17, 15) is 5.26 Å². The predicted molar refractivity (Wildman–Crippen MR) is 105 cm³/mol. The van der Waals surface area contributed by atoms with E-state index in [4.69, 9.17) is 0 Å². The number of rotatable bonds is 3. The molecule has 2 heterocycles. The summed E-state index contributed by atoms with van der Waals surface area (Å²) < 4.78 is 3.39. The van der Waals surface area contributed by atoms with E-state index in [0.29, 0.717) is 5.57 Å². The van der Waals surface area contributed by atoms with Crippen molar-refractivity contribution in [3.63, 3.8) is 0 Å². The minimum absolute atomic E-state index is 0.614. The Hall–Kier alpha value is -2.90. The molecule has 25 heavy (non-hydrogen) atoms. The normalized spacial score (nSPS) is 12.0. The Balaban J connectivity index is 1.93. The van der Waals surface area contributed by atoms with Crippen LogP contribution in [0.2, 0.25) is 0 Å². The van der Waals surface area contributed by atoms with Gasteiger partial charge in [-0.2, -0.15) is 5.26 Å². The molecule has 0 N–H and O–H groups in total. The Morgan fingerprint density at radius 1 is 1.20 bits per heavy atom. The molecule has 0 saturated carbocycles. The number of hydrogen-bond donors (Lipinski definition) is 0. The van der Waals surface area contributed by atoms with Gasteiger partial charge in [-0.15, -0.1) is 11.3 Å². The standard InChI is InChI=1S/C21H17N3S/c1-3-24-14(2)17(16-8-4-6-10-19(16)24)12-15(13-22)21-23-18-9-5-7-11-20(18)25-21/h4-12H,3H2,1-2H3/b15-12-. The van der Waals surface area contributed by atoms with Crippen LogP contribution in [0, 0.1) is 18.3 Å². The fourth-order valence-electron chi connectivity index (χ4n) is 3.32. The Morgan fingerprint density at radius 3 is 2.72 bits per heavy atom. The maximum Gasteiger partial charge on any atom is 0.135 e. The van der Waals surface area contributed by atoms with Gasteiger partial charge in [-0.05, 0) is 38.1 Å². The molecule has 0 spiro atoms. The van der Waals surface area contributed by atoms with Gasteiger partial charge in [0.2, 0.25) is 0 Å². The molecule has 0 atom stereocenters. The molecule has 0 aliphatic heterocycles. The maximum atomic E-state index is 9.73. The van der Waals surface area contributed by atoms with Crippen molar-refractivity contribution >= 4 is 44.1 Å². The van der Waals surface area contributed by atoms with Crippen LogP contribution < -0.4 is 0 Å². The second-order valence-corrected chi connectivity index (χ2v) is 6.95.